The Morgan fingerprint density at radius 3 is 2.77 bits per heavy atom. The molecule has 0 bridgehead atoms. The summed E-state index contributed by atoms with van der Waals surface area (Å²) in [7, 11) is 0. The second kappa shape index (κ2) is 8.48. The Kier molecular flexibility index (Phi) is 5.77. The summed E-state index contributed by atoms with van der Waals surface area (Å²) in [6.45, 7) is 10.9. The molecule has 6 heteroatoms. The van der Waals surface area contributed by atoms with Crippen LogP contribution in [0.1, 0.15) is 31.4 Å². The summed E-state index contributed by atoms with van der Waals surface area (Å²) >= 11 is 0. The average molecular weight is 409 g/mol. The molecule has 2 heterocycles. The van der Waals surface area contributed by atoms with Crippen LogP contribution in [0.25, 0.3) is 5.57 Å². The molecule has 2 aromatic carbocycles. The third-order valence-corrected chi connectivity index (χ3v) is 6.18. The molecule has 0 saturated carbocycles. The first-order chi connectivity index (χ1) is 14.5. The maximum Gasteiger partial charge on any atom is 0.257 e. The molecular formula is C24H29FN4O. The number of aryl methyl sites for hydroxylation is 1. The Morgan fingerprint density at radius 1 is 1.23 bits per heavy atom. The Labute approximate surface area is 177 Å². The van der Waals surface area contributed by atoms with E-state index in [0.717, 1.165) is 31.9 Å². The lowest BCUT2D eigenvalue weighted by molar-refractivity contribution is -0.110. The molecule has 1 unspecified atom stereocenters. The van der Waals surface area contributed by atoms with Gasteiger partial charge < -0.3 is 15.5 Å². The van der Waals surface area contributed by atoms with Crippen molar-refractivity contribution < 1.29 is 9.18 Å². The van der Waals surface area contributed by atoms with Gasteiger partial charge in [-0.25, -0.2) is 4.39 Å². The molecule has 2 N–H and O–H groups in total. The smallest absolute Gasteiger partial charge is 0.257 e. The minimum Gasteiger partial charge on any atom is -0.370 e. The van der Waals surface area contributed by atoms with Crippen molar-refractivity contribution in [2.45, 2.75) is 33.2 Å². The van der Waals surface area contributed by atoms with Gasteiger partial charge in [0.05, 0.1) is 11.3 Å². The summed E-state index contributed by atoms with van der Waals surface area (Å²) in [5, 5.41) is 5.94. The van der Waals surface area contributed by atoms with E-state index in [1.54, 1.807) is 12.3 Å². The Morgan fingerprint density at radius 2 is 2.03 bits per heavy atom. The number of anilines is 3. The standard InChI is InChI=1S/C24H29FN4O/c1-4-28(5-2)19-10-11-29(15-19)23-9-7-18(12-16(23)3)26-14-21-20-8-6-17(25)13-22(20)27-24(21)30/h6-9,12-14,19,26H,4-5,10-11,15H2,1-3H3,(H,27,30). The van der Waals surface area contributed by atoms with Crippen LogP contribution in [-0.4, -0.2) is 43.0 Å². The van der Waals surface area contributed by atoms with E-state index in [4.69, 9.17) is 0 Å². The van der Waals surface area contributed by atoms with Crippen molar-refractivity contribution in [2.24, 2.45) is 0 Å². The zero-order chi connectivity index (χ0) is 21.3. The minimum absolute atomic E-state index is 0.226. The zero-order valence-corrected chi connectivity index (χ0v) is 17.8. The fourth-order valence-corrected chi connectivity index (χ4v) is 4.56. The van der Waals surface area contributed by atoms with Crippen LogP contribution in [0.15, 0.2) is 42.6 Å². The van der Waals surface area contributed by atoms with E-state index < -0.39 is 0 Å². The van der Waals surface area contributed by atoms with Gasteiger partial charge in [0, 0.05) is 42.3 Å². The molecule has 0 radical (unpaired) electrons. The first-order valence-corrected chi connectivity index (χ1v) is 10.7. The fourth-order valence-electron chi connectivity index (χ4n) is 4.56. The van der Waals surface area contributed by atoms with Crippen molar-refractivity contribution in [1.82, 2.24) is 4.90 Å². The van der Waals surface area contributed by atoms with Crippen LogP contribution in [0.3, 0.4) is 0 Å². The predicted octanol–water partition coefficient (Wildman–Crippen LogP) is 4.46. The Balaban J connectivity index is 1.47. The van der Waals surface area contributed by atoms with Gasteiger partial charge in [0.2, 0.25) is 0 Å². The molecule has 4 rings (SSSR count). The summed E-state index contributed by atoms with van der Waals surface area (Å²) in [4.78, 5) is 17.2. The van der Waals surface area contributed by atoms with Gasteiger partial charge in [-0.1, -0.05) is 13.8 Å². The number of hydrogen-bond donors (Lipinski definition) is 2. The molecule has 0 aromatic heterocycles. The van der Waals surface area contributed by atoms with Gasteiger partial charge in [-0.15, -0.1) is 0 Å². The van der Waals surface area contributed by atoms with Crippen molar-refractivity contribution in [3.05, 3.63) is 59.5 Å². The van der Waals surface area contributed by atoms with Gasteiger partial charge in [-0.3, -0.25) is 9.69 Å². The minimum atomic E-state index is -0.361. The van der Waals surface area contributed by atoms with Crippen molar-refractivity contribution >= 4 is 28.5 Å². The number of carbonyl (C=O) groups excluding carboxylic acids is 1. The van der Waals surface area contributed by atoms with Crippen LogP contribution in [0.4, 0.5) is 21.5 Å². The van der Waals surface area contributed by atoms with E-state index in [-0.39, 0.29) is 11.7 Å². The summed E-state index contributed by atoms with van der Waals surface area (Å²) in [6.07, 6.45) is 2.89. The van der Waals surface area contributed by atoms with Gasteiger partial charge in [0.25, 0.3) is 5.91 Å². The number of nitrogens with zero attached hydrogens (tertiary/aromatic N) is 2. The van der Waals surface area contributed by atoms with E-state index in [1.807, 2.05) is 6.07 Å². The van der Waals surface area contributed by atoms with Gasteiger partial charge in [-0.2, -0.15) is 0 Å². The maximum absolute atomic E-state index is 13.4. The highest BCUT2D eigenvalue weighted by Crippen LogP contribution is 2.33. The lowest BCUT2D eigenvalue weighted by atomic mass is 10.1. The third kappa shape index (κ3) is 3.92. The van der Waals surface area contributed by atoms with E-state index in [9.17, 15) is 9.18 Å². The van der Waals surface area contributed by atoms with Crippen molar-refractivity contribution in [2.75, 3.05) is 41.7 Å². The fraction of sp³-hybridized carbons (Fsp3) is 0.375. The number of hydrogen-bond acceptors (Lipinski definition) is 4. The largest absolute Gasteiger partial charge is 0.370 e. The van der Waals surface area contributed by atoms with Crippen LogP contribution in [0.5, 0.6) is 0 Å². The number of benzene rings is 2. The van der Waals surface area contributed by atoms with Crippen molar-refractivity contribution in [1.29, 1.82) is 0 Å². The summed E-state index contributed by atoms with van der Waals surface area (Å²) < 4.78 is 13.4. The first-order valence-electron chi connectivity index (χ1n) is 10.7. The molecule has 0 spiro atoms. The molecule has 2 aliphatic heterocycles. The molecule has 1 atom stereocenters. The quantitative estimate of drug-likeness (QED) is 0.693. The Bertz CT molecular complexity index is 983. The summed E-state index contributed by atoms with van der Waals surface area (Å²) in [5.74, 6) is -0.587. The molecule has 1 fully saturated rings. The van der Waals surface area contributed by atoms with Crippen LogP contribution < -0.4 is 15.5 Å². The first kappa shape index (κ1) is 20.4. The third-order valence-electron chi connectivity index (χ3n) is 6.18. The number of rotatable bonds is 6. The topological polar surface area (TPSA) is 47.6 Å². The van der Waals surface area contributed by atoms with Gasteiger partial charge >= 0.3 is 0 Å². The van der Waals surface area contributed by atoms with E-state index in [2.05, 4.69) is 53.3 Å². The van der Waals surface area contributed by atoms with Crippen LogP contribution in [-0.2, 0) is 4.79 Å². The lowest BCUT2D eigenvalue weighted by Gasteiger charge is -2.27. The molecule has 5 nitrogen and oxygen atoms in total. The van der Waals surface area contributed by atoms with E-state index in [0.29, 0.717) is 22.9 Å². The number of fused-ring (bicyclic) bond motifs is 1. The second-order valence-electron chi connectivity index (χ2n) is 7.96. The van der Waals surface area contributed by atoms with Gasteiger partial charge in [0.1, 0.15) is 5.82 Å². The predicted molar refractivity (Wildman–Crippen MR) is 121 cm³/mol. The lowest BCUT2D eigenvalue weighted by Crippen LogP contribution is -2.37. The zero-order valence-electron chi connectivity index (χ0n) is 17.8. The van der Waals surface area contributed by atoms with Crippen LogP contribution in [0, 0.1) is 12.7 Å². The average Bonchev–Trinajstić information content (AvgIpc) is 3.31. The maximum atomic E-state index is 13.4. The molecule has 2 aliphatic rings. The molecule has 0 aliphatic carbocycles. The van der Waals surface area contributed by atoms with Gasteiger partial charge in [-0.05, 0) is 68.4 Å². The SMILES string of the molecule is CCN(CC)C1CCN(c2ccc(NC=C3C(=O)Nc4cc(F)ccc43)cc2C)C1. The second-order valence-corrected chi connectivity index (χ2v) is 7.96. The van der Waals surface area contributed by atoms with E-state index in [1.165, 1.54) is 29.8 Å². The van der Waals surface area contributed by atoms with Crippen LogP contribution in [0.2, 0.25) is 0 Å². The molecule has 2 aromatic rings. The normalized spacial score (nSPS) is 19.5. The molecule has 1 saturated heterocycles. The molecular weight excluding hydrogens is 379 g/mol. The number of amides is 1. The van der Waals surface area contributed by atoms with Crippen molar-refractivity contribution in [3.63, 3.8) is 0 Å². The number of carbonyl (C=O) groups is 1. The monoisotopic (exact) mass is 408 g/mol. The summed E-state index contributed by atoms with van der Waals surface area (Å²) in [5.41, 5.74) is 5.12. The van der Waals surface area contributed by atoms with Crippen molar-refractivity contribution in [3.8, 4) is 0 Å². The molecule has 30 heavy (non-hydrogen) atoms. The molecule has 158 valence electrons. The number of halogens is 1. The Hall–Kier alpha value is -2.86. The highest BCUT2D eigenvalue weighted by molar-refractivity contribution is 6.31. The highest BCUT2D eigenvalue weighted by atomic mass is 19.1. The molecule has 1 amide bonds. The van der Waals surface area contributed by atoms with Gasteiger partial charge in [0.15, 0.2) is 0 Å². The highest BCUT2D eigenvalue weighted by Gasteiger charge is 2.27. The van der Waals surface area contributed by atoms with E-state index >= 15 is 0 Å². The summed E-state index contributed by atoms with van der Waals surface area (Å²) in [6, 6.07) is 11.3. The number of likely N-dealkylation sites (N-methyl/N-ethyl adjacent to an activating group) is 1. The number of nitrogens with one attached hydrogen (secondary N) is 2. The van der Waals surface area contributed by atoms with Crippen LogP contribution >= 0.6 is 0 Å².